The van der Waals surface area contributed by atoms with Crippen LogP contribution in [0.25, 0.3) is 10.8 Å². The van der Waals surface area contributed by atoms with Crippen molar-refractivity contribution < 1.29 is 4.39 Å². The first kappa shape index (κ1) is 13.6. The molecule has 0 amide bonds. The van der Waals surface area contributed by atoms with Gasteiger partial charge < -0.3 is 0 Å². The number of alkyl halides is 1. The second kappa shape index (κ2) is 5.55. The molecular weight excluding hydrogens is 339 g/mol. The monoisotopic (exact) mass is 348 g/mol. The summed E-state index contributed by atoms with van der Waals surface area (Å²) in [6, 6.07) is 19.0. The third-order valence-corrected chi connectivity index (χ3v) is 4.66. The summed E-state index contributed by atoms with van der Waals surface area (Å²) in [5, 5.41) is 1.82. The fourth-order valence-electron chi connectivity index (χ4n) is 2.36. The molecule has 0 radical (unpaired) electrons. The molecule has 0 bridgehead atoms. The van der Waals surface area contributed by atoms with Gasteiger partial charge >= 0.3 is 0 Å². The number of rotatable bonds is 2. The Morgan fingerprint density at radius 2 is 1.50 bits per heavy atom. The molecule has 100 valence electrons. The summed E-state index contributed by atoms with van der Waals surface area (Å²) in [7, 11) is 0. The lowest BCUT2D eigenvalue weighted by molar-refractivity contribution is 0.618. The third-order valence-electron chi connectivity index (χ3n) is 3.35. The molecule has 0 aliphatic rings. The first-order chi connectivity index (χ1) is 9.68. The van der Waals surface area contributed by atoms with Gasteiger partial charge in [-0.1, -0.05) is 54.6 Å². The van der Waals surface area contributed by atoms with Crippen LogP contribution in [-0.4, -0.2) is 0 Å². The average Bonchev–Trinajstić information content (AvgIpc) is 2.49. The Bertz CT molecular complexity index is 765. The van der Waals surface area contributed by atoms with Crippen molar-refractivity contribution in [3.05, 3.63) is 82.1 Å². The molecule has 1 unspecified atom stereocenters. The van der Waals surface area contributed by atoms with Crippen LogP contribution in [0.1, 0.15) is 16.5 Å². The van der Waals surface area contributed by atoms with Crippen molar-refractivity contribution in [1.29, 1.82) is 0 Å². The molecule has 0 aliphatic heterocycles. The van der Waals surface area contributed by atoms with Gasteiger partial charge in [-0.25, -0.2) is 4.39 Å². The largest absolute Gasteiger partial charge is 0.206 e. The highest BCUT2D eigenvalue weighted by Crippen LogP contribution is 2.37. The van der Waals surface area contributed by atoms with Gasteiger partial charge in [-0.15, -0.1) is 11.6 Å². The predicted octanol–water partition coefficient (Wildman–Crippen LogP) is 6.07. The predicted molar refractivity (Wildman–Crippen MR) is 85.7 cm³/mol. The minimum absolute atomic E-state index is 0.298. The summed E-state index contributed by atoms with van der Waals surface area (Å²) < 4.78 is 14.1. The van der Waals surface area contributed by atoms with Gasteiger partial charge in [-0.05, 0) is 43.9 Å². The molecular formula is C17H11BrClF. The molecule has 0 saturated carbocycles. The molecule has 0 N–H and O–H groups in total. The summed E-state index contributed by atoms with van der Waals surface area (Å²) in [6.45, 7) is 0. The van der Waals surface area contributed by atoms with E-state index in [0.29, 0.717) is 4.47 Å². The average molecular weight is 350 g/mol. The van der Waals surface area contributed by atoms with Crippen LogP contribution >= 0.6 is 27.5 Å². The molecule has 3 aromatic carbocycles. The van der Waals surface area contributed by atoms with Crippen LogP contribution in [0.15, 0.2) is 65.1 Å². The molecule has 3 rings (SSSR count). The molecule has 0 aliphatic carbocycles. The van der Waals surface area contributed by atoms with Crippen LogP contribution in [-0.2, 0) is 0 Å². The number of benzene rings is 3. The van der Waals surface area contributed by atoms with E-state index < -0.39 is 5.38 Å². The Labute approximate surface area is 130 Å². The zero-order valence-electron chi connectivity index (χ0n) is 10.5. The van der Waals surface area contributed by atoms with E-state index in [1.54, 1.807) is 6.07 Å². The molecule has 3 heteroatoms. The van der Waals surface area contributed by atoms with Gasteiger partial charge in [0.05, 0.1) is 9.85 Å². The number of hydrogen-bond acceptors (Lipinski definition) is 0. The Hall–Kier alpha value is -1.38. The second-order valence-corrected chi connectivity index (χ2v) is 5.80. The zero-order chi connectivity index (χ0) is 14.1. The van der Waals surface area contributed by atoms with Crippen LogP contribution in [0.3, 0.4) is 0 Å². The van der Waals surface area contributed by atoms with E-state index in [2.05, 4.69) is 15.9 Å². The van der Waals surface area contributed by atoms with Crippen LogP contribution in [0, 0.1) is 5.82 Å². The number of hydrogen-bond donors (Lipinski definition) is 0. The molecule has 0 saturated heterocycles. The van der Waals surface area contributed by atoms with Crippen LogP contribution < -0.4 is 0 Å². The van der Waals surface area contributed by atoms with E-state index in [1.807, 2.05) is 48.5 Å². The maximum absolute atomic E-state index is 13.7. The molecule has 0 nitrogen and oxygen atoms in total. The smallest absolute Gasteiger partial charge is 0.137 e. The van der Waals surface area contributed by atoms with Gasteiger partial charge in [-0.3, -0.25) is 0 Å². The van der Waals surface area contributed by atoms with E-state index in [-0.39, 0.29) is 5.82 Å². The number of halogens is 3. The maximum Gasteiger partial charge on any atom is 0.137 e. The van der Waals surface area contributed by atoms with Crippen molar-refractivity contribution in [2.75, 3.05) is 0 Å². The van der Waals surface area contributed by atoms with Gasteiger partial charge in [0, 0.05) is 0 Å². The molecule has 0 spiro atoms. The van der Waals surface area contributed by atoms with Gasteiger partial charge in [-0.2, -0.15) is 0 Å². The molecule has 20 heavy (non-hydrogen) atoms. The lowest BCUT2D eigenvalue weighted by Gasteiger charge is -2.15. The first-order valence-corrected chi connectivity index (χ1v) is 7.47. The summed E-state index contributed by atoms with van der Waals surface area (Å²) in [4.78, 5) is 0. The van der Waals surface area contributed by atoms with Gasteiger partial charge in [0.2, 0.25) is 0 Å². The van der Waals surface area contributed by atoms with Gasteiger partial charge in [0.15, 0.2) is 0 Å². The van der Waals surface area contributed by atoms with Crippen LogP contribution in [0.4, 0.5) is 4.39 Å². The van der Waals surface area contributed by atoms with E-state index in [1.165, 1.54) is 6.07 Å². The lowest BCUT2D eigenvalue weighted by Crippen LogP contribution is -1.97. The zero-order valence-corrected chi connectivity index (χ0v) is 12.8. The summed E-state index contributed by atoms with van der Waals surface area (Å²) >= 11 is 9.87. The topological polar surface area (TPSA) is 0 Å². The lowest BCUT2D eigenvalue weighted by atomic mass is 9.98. The van der Waals surface area contributed by atoms with Crippen molar-refractivity contribution >= 4 is 38.3 Å². The highest BCUT2D eigenvalue weighted by Gasteiger charge is 2.17. The summed E-state index contributed by atoms with van der Waals surface area (Å²) in [5.41, 5.74) is 1.72. The van der Waals surface area contributed by atoms with Crippen molar-refractivity contribution in [3.8, 4) is 0 Å². The third kappa shape index (κ3) is 2.34. The Balaban J connectivity index is 2.18. The quantitative estimate of drug-likeness (QED) is 0.493. The van der Waals surface area contributed by atoms with Crippen molar-refractivity contribution in [2.45, 2.75) is 5.38 Å². The maximum atomic E-state index is 13.7. The van der Waals surface area contributed by atoms with Crippen LogP contribution in [0.2, 0.25) is 0 Å². The molecule has 0 heterocycles. The van der Waals surface area contributed by atoms with Gasteiger partial charge in [0.1, 0.15) is 5.82 Å². The van der Waals surface area contributed by atoms with Gasteiger partial charge in [0.25, 0.3) is 0 Å². The highest BCUT2D eigenvalue weighted by atomic mass is 79.9. The highest BCUT2D eigenvalue weighted by molar-refractivity contribution is 9.10. The first-order valence-electron chi connectivity index (χ1n) is 6.24. The van der Waals surface area contributed by atoms with E-state index in [9.17, 15) is 4.39 Å². The molecule has 1 atom stereocenters. The molecule has 0 fully saturated rings. The van der Waals surface area contributed by atoms with E-state index >= 15 is 0 Å². The fraction of sp³-hybridized carbons (Fsp3) is 0.0588. The summed E-state index contributed by atoms with van der Waals surface area (Å²) in [6.07, 6.45) is 0. The second-order valence-electron chi connectivity index (χ2n) is 4.57. The fourth-order valence-corrected chi connectivity index (χ4v) is 3.35. The van der Waals surface area contributed by atoms with Crippen molar-refractivity contribution in [1.82, 2.24) is 0 Å². The molecule has 0 aromatic heterocycles. The molecule has 3 aromatic rings. The minimum Gasteiger partial charge on any atom is -0.206 e. The number of fused-ring (bicyclic) bond motifs is 1. The van der Waals surface area contributed by atoms with E-state index in [4.69, 9.17) is 11.6 Å². The Morgan fingerprint density at radius 3 is 2.35 bits per heavy atom. The standard InChI is InChI=1S/C17H11BrClF/c18-16-14(9-4-10-15(16)20)17(19)13-8-3-6-11-5-1-2-7-12(11)13/h1-10,17H. The van der Waals surface area contributed by atoms with Crippen molar-refractivity contribution in [2.24, 2.45) is 0 Å². The Kier molecular flexibility index (Phi) is 3.77. The minimum atomic E-state index is -0.397. The summed E-state index contributed by atoms with van der Waals surface area (Å²) in [5.74, 6) is -0.298. The normalized spacial score (nSPS) is 12.6. The Morgan fingerprint density at radius 1 is 0.850 bits per heavy atom. The van der Waals surface area contributed by atoms with E-state index in [0.717, 1.165) is 21.9 Å². The van der Waals surface area contributed by atoms with Crippen LogP contribution in [0.5, 0.6) is 0 Å². The SMILES string of the molecule is Fc1cccc(C(Cl)c2cccc3ccccc23)c1Br. The van der Waals surface area contributed by atoms with Crippen molar-refractivity contribution in [3.63, 3.8) is 0 Å².